The molecular formula is C21H17N3O3S. The van der Waals surface area contributed by atoms with E-state index in [1.807, 2.05) is 49.4 Å². The highest BCUT2D eigenvalue weighted by atomic mass is 32.1. The lowest BCUT2D eigenvalue weighted by atomic mass is 10.1. The highest BCUT2D eigenvalue weighted by molar-refractivity contribution is 7.14. The lowest BCUT2D eigenvalue weighted by molar-refractivity contribution is -0.130. The van der Waals surface area contributed by atoms with E-state index in [4.69, 9.17) is 4.74 Å². The topological polar surface area (TPSA) is 71.9 Å². The number of carbonyl (C=O) groups is 2. The van der Waals surface area contributed by atoms with Crippen LogP contribution in [0, 0.1) is 0 Å². The van der Waals surface area contributed by atoms with Crippen molar-refractivity contribution in [1.29, 1.82) is 0 Å². The number of hydrogen-bond acceptors (Lipinski definition) is 6. The van der Waals surface area contributed by atoms with Gasteiger partial charge in [-0.3, -0.25) is 9.69 Å². The minimum Gasteiger partial charge on any atom is -0.402 e. The van der Waals surface area contributed by atoms with Crippen molar-refractivity contribution in [2.45, 2.75) is 13.8 Å². The van der Waals surface area contributed by atoms with Crippen molar-refractivity contribution in [1.82, 2.24) is 4.98 Å². The summed E-state index contributed by atoms with van der Waals surface area (Å²) < 4.78 is 5.35. The van der Waals surface area contributed by atoms with Gasteiger partial charge in [-0.25, -0.2) is 14.8 Å². The summed E-state index contributed by atoms with van der Waals surface area (Å²) in [7, 11) is 0. The van der Waals surface area contributed by atoms with E-state index < -0.39 is 5.97 Å². The van der Waals surface area contributed by atoms with Crippen molar-refractivity contribution < 1.29 is 14.3 Å². The molecule has 1 aliphatic rings. The predicted octanol–water partition coefficient (Wildman–Crippen LogP) is 4.01. The molecule has 2 heterocycles. The molecule has 0 saturated heterocycles. The zero-order valence-corrected chi connectivity index (χ0v) is 16.2. The number of thiazole rings is 1. The quantitative estimate of drug-likeness (QED) is 0.498. The van der Waals surface area contributed by atoms with Gasteiger partial charge in [-0.2, -0.15) is 0 Å². The summed E-state index contributed by atoms with van der Waals surface area (Å²) in [5.74, 6) is -0.319. The Morgan fingerprint density at radius 3 is 2.75 bits per heavy atom. The van der Waals surface area contributed by atoms with Gasteiger partial charge < -0.3 is 4.74 Å². The Morgan fingerprint density at radius 2 is 2.00 bits per heavy atom. The van der Waals surface area contributed by atoms with Crippen LogP contribution in [0.2, 0.25) is 0 Å². The third kappa shape index (κ3) is 3.44. The SMILES string of the molecule is CCN(C(C)=O)c1nc(C=C2N=C(c3ccc4ccccc4c3)OC2=O)cs1. The summed E-state index contributed by atoms with van der Waals surface area (Å²) in [5.41, 5.74) is 1.49. The maximum Gasteiger partial charge on any atom is 0.363 e. The van der Waals surface area contributed by atoms with Crippen LogP contribution in [0.1, 0.15) is 25.1 Å². The van der Waals surface area contributed by atoms with Gasteiger partial charge in [0.15, 0.2) is 10.8 Å². The standard InChI is InChI=1S/C21H17N3O3S/c1-3-24(13(2)25)21-22-17(12-28-21)11-18-20(26)27-19(23-18)16-9-8-14-6-4-5-7-15(14)10-16/h4-12H,3H2,1-2H3. The molecule has 0 fully saturated rings. The van der Waals surface area contributed by atoms with E-state index in [0.29, 0.717) is 17.4 Å². The van der Waals surface area contributed by atoms with Crippen LogP contribution < -0.4 is 4.90 Å². The number of ether oxygens (including phenoxy) is 1. The number of anilines is 1. The molecule has 1 amide bonds. The summed E-state index contributed by atoms with van der Waals surface area (Å²) in [4.78, 5) is 34.2. The first-order chi connectivity index (χ1) is 13.5. The molecule has 140 valence electrons. The van der Waals surface area contributed by atoms with Gasteiger partial charge in [0.2, 0.25) is 11.8 Å². The van der Waals surface area contributed by atoms with Gasteiger partial charge >= 0.3 is 5.97 Å². The van der Waals surface area contributed by atoms with Gasteiger partial charge in [0.05, 0.1) is 5.69 Å². The molecule has 0 N–H and O–H groups in total. The van der Waals surface area contributed by atoms with Gasteiger partial charge in [-0.15, -0.1) is 11.3 Å². The van der Waals surface area contributed by atoms with Crippen LogP contribution in [0.5, 0.6) is 0 Å². The molecule has 2 aromatic carbocycles. The molecule has 1 aromatic heterocycles. The Kier molecular flexibility index (Phi) is 4.75. The monoisotopic (exact) mass is 391 g/mol. The lowest BCUT2D eigenvalue weighted by Gasteiger charge is -2.14. The normalized spacial score (nSPS) is 15.0. The first-order valence-electron chi connectivity index (χ1n) is 8.80. The summed E-state index contributed by atoms with van der Waals surface area (Å²) in [6.07, 6.45) is 1.57. The Bertz CT molecular complexity index is 1150. The number of amides is 1. The number of nitrogens with zero attached hydrogens (tertiary/aromatic N) is 3. The van der Waals surface area contributed by atoms with Crippen molar-refractivity contribution in [3.8, 4) is 0 Å². The number of hydrogen-bond donors (Lipinski definition) is 0. The Labute approximate surface area is 165 Å². The first kappa shape index (κ1) is 18.1. The molecule has 3 aromatic rings. The van der Waals surface area contributed by atoms with Crippen LogP contribution in [-0.4, -0.2) is 29.3 Å². The molecular weight excluding hydrogens is 374 g/mol. The molecule has 0 bridgehead atoms. The fourth-order valence-electron chi connectivity index (χ4n) is 2.95. The summed E-state index contributed by atoms with van der Waals surface area (Å²) in [6.45, 7) is 3.91. The van der Waals surface area contributed by atoms with Gasteiger partial charge in [-0.05, 0) is 35.9 Å². The molecule has 0 radical (unpaired) electrons. The number of rotatable bonds is 4. The summed E-state index contributed by atoms with van der Waals surface area (Å²) in [5, 5.41) is 4.52. The van der Waals surface area contributed by atoms with Crippen LogP contribution >= 0.6 is 11.3 Å². The number of carbonyl (C=O) groups excluding carboxylic acids is 2. The highest BCUT2D eigenvalue weighted by Crippen LogP contribution is 2.25. The Hall–Kier alpha value is -3.32. The smallest absolute Gasteiger partial charge is 0.363 e. The van der Waals surface area contributed by atoms with Crippen molar-refractivity contribution in [2.75, 3.05) is 11.4 Å². The van der Waals surface area contributed by atoms with E-state index in [2.05, 4.69) is 9.98 Å². The fraction of sp³-hybridized carbons (Fsp3) is 0.143. The van der Waals surface area contributed by atoms with Gasteiger partial charge in [-0.1, -0.05) is 30.3 Å². The molecule has 0 atom stereocenters. The third-order valence-electron chi connectivity index (χ3n) is 4.34. The summed E-state index contributed by atoms with van der Waals surface area (Å²) in [6, 6.07) is 13.7. The first-order valence-corrected chi connectivity index (χ1v) is 9.68. The zero-order valence-electron chi connectivity index (χ0n) is 15.4. The minimum atomic E-state index is -0.517. The van der Waals surface area contributed by atoms with Crippen LogP contribution in [0.4, 0.5) is 5.13 Å². The maximum absolute atomic E-state index is 12.2. The van der Waals surface area contributed by atoms with E-state index in [9.17, 15) is 9.59 Å². The number of aromatic nitrogens is 1. The second-order valence-electron chi connectivity index (χ2n) is 6.22. The molecule has 0 unspecified atom stereocenters. The van der Waals surface area contributed by atoms with Crippen molar-refractivity contribution >= 4 is 51.1 Å². The Morgan fingerprint density at radius 1 is 1.21 bits per heavy atom. The van der Waals surface area contributed by atoms with E-state index in [-0.39, 0.29) is 17.5 Å². The summed E-state index contributed by atoms with van der Waals surface area (Å²) >= 11 is 1.34. The molecule has 7 heteroatoms. The van der Waals surface area contributed by atoms with E-state index in [1.54, 1.807) is 16.4 Å². The second-order valence-corrected chi connectivity index (χ2v) is 7.05. The average Bonchev–Trinajstić information content (AvgIpc) is 3.29. The van der Waals surface area contributed by atoms with Crippen LogP contribution in [0.25, 0.3) is 16.8 Å². The zero-order chi connectivity index (χ0) is 19.7. The van der Waals surface area contributed by atoms with E-state index >= 15 is 0 Å². The Balaban J connectivity index is 1.63. The highest BCUT2D eigenvalue weighted by Gasteiger charge is 2.25. The molecule has 28 heavy (non-hydrogen) atoms. The number of esters is 1. The van der Waals surface area contributed by atoms with Crippen molar-refractivity contribution in [2.24, 2.45) is 4.99 Å². The van der Waals surface area contributed by atoms with E-state index in [0.717, 1.165) is 16.3 Å². The fourth-order valence-corrected chi connectivity index (χ4v) is 3.84. The molecule has 6 nitrogen and oxygen atoms in total. The molecule has 0 spiro atoms. The van der Waals surface area contributed by atoms with E-state index in [1.165, 1.54) is 18.3 Å². The predicted molar refractivity (Wildman–Crippen MR) is 110 cm³/mol. The number of cyclic esters (lactones) is 1. The largest absolute Gasteiger partial charge is 0.402 e. The van der Waals surface area contributed by atoms with Crippen molar-refractivity contribution in [3.63, 3.8) is 0 Å². The molecule has 1 aliphatic heterocycles. The second kappa shape index (κ2) is 7.36. The van der Waals surface area contributed by atoms with Crippen LogP contribution in [-0.2, 0) is 14.3 Å². The van der Waals surface area contributed by atoms with Gasteiger partial charge in [0, 0.05) is 24.4 Å². The van der Waals surface area contributed by atoms with Crippen molar-refractivity contribution in [3.05, 3.63) is 64.8 Å². The van der Waals surface area contributed by atoms with Crippen LogP contribution in [0.15, 0.2) is 58.5 Å². The molecule has 0 aliphatic carbocycles. The maximum atomic E-state index is 12.2. The third-order valence-corrected chi connectivity index (χ3v) is 5.22. The molecule has 4 rings (SSSR count). The van der Waals surface area contributed by atoms with Gasteiger partial charge in [0.25, 0.3) is 0 Å². The molecule has 0 saturated carbocycles. The number of benzene rings is 2. The minimum absolute atomic E-state index is 0.0760. The van der Waals surface area contributed by atoms with Crippen LogP contribution in [0.3, 0.4) is 0 Å². The number of fused-ring (bicyclic) bond motifs is 1. The number of aliphatic imine (C=N–C) groups is 1. The lowest BCUT2D eigenvalue weighted by Crippen LogP contribution is -2.27. The average molecular weight is 391 g/mol. The van der Waals surface area contributed by atoms with Gasteiger partial charge in [0.1, 0.15) is 0 Å².